The van der Waals surface area contributed by atoms with Crippen molar-refractivity contribution >= 4 is 23.1 Å². The summed E-state index contributed by atoms with van der Waals surface area (Å²) in [4.78, 5) is 30.4. The number of methoxy groups -OCH3 is 1. The Morgan fingerprint density at radius 1 is 1.08 bits per heavy atom. The van der Waals surface area contributed by atoms with Crippen LogP contribution in [-0.2, 0) is 16.1 Å². The summed E-state index contributed by atoms with van der Waals surface area (Å²) >= 11 is 0. The molecule has 36 heavy (non-hydrogen) atoms. The lowest BCUT2D eigenvalue weighted by Gasteiger charge is -2.28. The van der Waals surface area contributed by atoms with E-state index in [1.807, 2.05) is 67.4 Å². The molecule has 5 rings (SSSR count). The predicted octanol–water partition coefficient (Wildman–Crippen LogP) is 4.45. The van der Waals surface area contributed by atoms with Crippen LogP contribution in [0.25, 0.3) is 5.76 Å². The zero-order chi connectivity index (χ0) is 25.4. The Hall–Kier alpha value is -4.26. The summed E-state index contributed by atoms with van der Waals surface area (Å²) in [6, 6.07) is 19.6. The van der Waals surface area contributed by atoms with E-state index in [1.165, 1.54) is 4.90 Å². The highest BCUT2D eigenvalue weighted by molar-refractivity contribution is 6.46. The van der Waals surface area contributed by atoms with Gasteiger partial charge in [-0.25, -0.2) is 0 Å². The fraction of sp³-hybridized carbons (Fsp3) is 0.241. The largest absolute Gasteiger partial charge is 0.507 e. The molecule has 1 fully saturated rings. The van der Waals surface area contributed by atoms with Crippen LogP contribution in [0.2, 0.25) is 0 Å². The zero-order valence-electron chi connectivity index (χ0n) is 20.5. The molecule has 1 atom stereocenters. The van der Waals surface area contributed by atoms with Crippen molar-refractivity contribution in [1.82, 2.24) is 4.90 Å². The van der Waals surface area contributed by atoms with E-state index in [1.54, 1.807) is 25.3 Å². The molecule has 0 aliphatic carbocycles. The summed E-state index contributed by atoms with van der Waals surface area (Å²) in [6.45, 7) is 3.38. The second-order valence-electron chi connectivity index (χ2n) is 9.05. The Bertz CT molecular complexity index is 1380. The molecule has 2 aliphatic rings. The molecule has 1 N–H and O–H groups in total. The van der Waals surface area contributed by atoms with Crippen LogP contribution >= 0.6 is 0 Å². The van der Waals surface area contributed by atoms with Gasteiger partial charge < -0.3 is 24.4 Å². The van der Waals surface area contributed by atoms with Gasteiger partial charge in [0.2, 0.25) is 0 Å². The fourth-order valence-corrected chi connectivity index (χ4v) is 4.93. The van der Waals surface area contributed by atoms with Crippen molar-refractivity contribution in [3.8, 4) is 11.5 Å². The number of carbonyl (C=O) groups is 2. The minimum Gasteiger partial charge on any atom is -0.507 e. The van der Waals surface area contributed by atoms with Gasteiger partial charge in [0, 0.05) is 18.2 Å². The number of Topliss-reactive ketones (excluding diaryl/α,β-unsaturated/α-hetero) is 1. The van der Waals surface area contributed by atoms with Crippen LogP contribution in [-0.4, -0.2) is 49.0 Å². The number of likely N-dealkylation sites (tertiary alicyclic amines) is 1. The van der Waals surface area contributed by atoms with Gasteiger partial charge in [-0.2, -0.15) is 0 Å². The van der Waals surface area contributed by atoms with Crippen LogP contribution in [0.15, 0.2) is 72.3 Å². The Morgan fingerprint density at radius 2 is 1.83 bits per heavy atom. The molecule has 184 valence electrons. The molecule has 0 radical (unpaired) electrons. The topological polar surface area (TPSA) is 79.3 Å². The SMILES string of the molecule is COc1ccccc1CN1C(=O)C(=O)/C(=C(/O)c2ccc3c(c2)N(C)CCO3)C1c1ccccc1C. The number of amides is 1. The minimum atomic E-state index is -0.749. The summed E-state index contributed by atoms with van der Waals surface area (Å²) in [6.07, 6.45) is 0. The third-order valence-electron chi connectivity index (χ3n) is 6.88. The zero-order valence-corrected chi connectivity index (χ0v) is 20.5. The van der Waals surface area contributed by atoms with Gasteiger partial charge in [0.1, 0.15) is 23.9 Å². The molecule has 1 amide bonds. The number of fused-ring (bicyclic) bond motifs is 1. The molecular weight excluding hydrogens is 456 g/mol. The standard InChI is InChI=1S/C29H28N2O5/c1-18-8-4-6-10-21(18)26-25(27(32)19-12-13-24-22(16-19)30(2)14-15-36-24)28(33)29(34)31(26)17-20-9-5-7-11-23(20)35-3/h4-13,16,26,32H,14-15,17H2,1-3H3/b27-25+. The first-order valence-corrected chi connectivity index (χ1v) is 11.8. The number of likely N-dealkylation sites (N-methyl/N-ethyl adjacent to an activating group) is 1. The fourth-order valence-electron chi connectivity index (χ4n) is 4.93. The number of para-hydroxylation sites is 1. The van der Waals surface area contributed by atoms with Gasteiger partial charge in [-0.1, -0.05) is 42.5 Å². The number of aryl methyl sites for hydroxylation is 1. The highest BCUT2D eigenvalue weighted by atomic mass is 16.5. The Morgan fingerprint density at radius 3 is 2.61 bits per heavy atom. The van der Waals surface area contributed by atoms with Crippen LogP contribution in [0, 0.1) is 6.92 Å². The lowest BCUT2D eigenvalue weighted by Crippen LogP contribution is -2.29. The van der Waals surface area contributed by atoms with Crippen LogP contribution < -0.4 is 14.4 Å². The van der Waals surface area contributed by atoms with Gasteiger partial charge in [0.25, 0.3) is 11.7 Å². The third-order valence-corrected chi connectivity index (χ3v) is 6.88. The molecule has 2 aliphatic heterocycles. The van der Waals surface area contributed by atoms with E-state index in [0.29, 0.717) is 30.2 Å². The van der Waals surface area contributed by atoms with Gasteiger partial charge >= 0.3 is 0 Å². The minimum absolute atomic E-state index is 0.0727. The first-order chi connectivity index (χ1) is 17.4. The molecule has 1 saturated heterocycles. The molecule has 3 aromatic carbocycles. The first kappa shape index (κ1) is 23.5. The highest BCUT2D eigenvalue weighted by Gasteiger charge is 2.46. The average molecular weight is 485 g/mol. The van der Waals surface area contributed by atoms with Crippen molar-refractivity contribution < 1.29 is 24.2 Å². The number of aliphatic hydroxyl groups is 1. The number of nitrogens with zero attached hydrogens (tertiary/aromatic N) is 2. The predicted molar refractivity (Wildman–Crippen MR) is 137 cm³/mol. The van der Waals surface area contributed by atoms with E-state index in [2.05, 4.69) is 0 Å². The van der Waals surface area contributed by atoms with E-state index < -0.39 is 17.7 Å². The van der Waals surface area contributed by atoms with Gasteiger partial charge in [0.05, 0.1) is 37.5 Å². The van der Waals surface area contributed by atoms with Gasteiger partial charge in [0.15, 0.2) is 0 Å². The van der Waals surface area contributed by atoms with E-state index in [-0.39, 0.29) is 17.9 Å². The highest BCUT2D eigenvalue weighted by Crippen LogP contribution is 2.43. The van der Waals surface area contributed by atoms with Crippen molar-refractivity contribution in [2.75, 3.05) is 32.2 Å². The maximum atomic E-state index is 13.4. The molecule has 0 spiro atoms. The molecule has 7 nitrogen and oxygen atoms in total. The summed E-state index contributed by atoms with van der Waals surface area (Å²) < 4.78 is 11.2. The van der Waals surface area contributed by atoms with E-state index >= 15 is 0 Å². The Kier molecular flexibility index (Phi) is 6.14. The molecule has 2 heterocycles. The van der Waals surface area contributed by atoms with Crippen LogP contribution in [0.1, 0.15) is 28.3 Å². The molecule has 3 aromatic rings. The average Bonchev–Trinajstić information content (AvgIpc) is 3.13. The number of hydrogen-bond acceptors (Lipinski definition) is 6. The lowest BCUT2D eigenvalue weighted by molar-refractivity contribution is -0.140. The summed E-state index contributed by atoms with van der Waals surface area (Å²) in [5.41, 5.74) is 3.82. The normalized spacial score (nSPS) is 18.7. The maximum absolute atomic E-state index is 13.4. The molecule has 7 heteroatoms. The van der Waals surface area contributed by atoms with Crippen LogP contribution in [0.5, 0.6) is 11.5 Å². The van der Waals surface area contributed by atoms with Crippen molar-refractivity contribution in [1.29, 1.82) is 0 Å². The van der Waals surface area contributed by atoms with E-state index in [9.17, 15) is 14.7 Å². The number of hydrogen-bond donors (Lipinski definition) is 1. The number of ketones is 1. The number of anilines is 1. The third kappa shape index (κ3) is 3.96. The van der Waals surface area contributed by atoms with E-state index in [4.69, 9.17) is 9.47 Å². The monoisotopic (exact) mass is 484 g/mol. The van der Waals surface area contributed by atoms with Gasteiger partial charge in [-0.05, 0) is 42.3 Å². The van der Waals surface area contributed by atoms with Crippen molar-refractivity contribution in [3.63, 3.8) is 0 Å². The van der Waals surface area contributed by atoms with Gasteiger partial charge in [-0.3, -0.25) is 9.59 Å². The number of rotatable bonds is 5. The number of ether oxygens (including phenoxy) is 2. The summed E-state index contributed by atoms with van der Waals surface area (Å²) in [7, 11) is 3.52. The van der Waals surface area contributed by atoms with Crippen LogP contribution in [0.4, 0.5) is 5.69 Å². The van der Waals surface area contributed by atoms with Crippen molar-refractivity contribution in [2.45, 2.75) is 19.5 Å². The number of aliphatic hydroxyl groups excluding tert-OH is 1. The quantitative estimate of drug-likeness (QED) is 0.327. The van der Waals surface area contributed by atoms with Gasteiger partial charge in [-0.15, -0.1) is 0 Å². The molecule has 1 unspecified atom stereocenters. The molecule has 0 bridgehead atoms. The second-order valence-corrected chi connectivity index (χ2v) is 9.05. The number of carbonyl (C=O) groups excluding carboxylic acids is 2. The van der Waals surface area contributed by atoms with Crippen molar-refractivity contribution in [2.24, 2.45) is 0 Å². The first-order valence-electron chi connectivity index (χ1n) is 11.8. The number of benzene rings is 3. The maximum Gasteiger partial charge on any atom is 0.295 e. The molecule has 0 aromatic heterocycles. The molecular formula is C29H28N2O5. The van der Waals surface area contributed by atoms with Crippen molar-refractivity contribution in [3.05, 3.63) is 94.6 Å². The summed E-state index contributed by atoms with van der Waals surface area (Å²) in [5.74, 6) is -0.231. The smallest absolute Gasteiger partial charge is 0.295 e. The second kappa shape index (κ2) is 9.41. The van der Waals surface area contributed by atoms with Crippen LogP contribution in [0.3, 0.4) is 0 Å². The Labute approximate surface area is 210 Å². The van der Waals surface area contributed by atoms with E-state index in [0.717, 1.165) is 22.4 Å². The Balaban J connectivity index is 1.66. The molecule has 0 saturated carbocycles. The summed E-state index contributed by atoms with van der Waals surface area (Å²) in [5, 5.41) is 11.5. The lowest BCUT2D eigenvalue weighted by atomic mass is 9.92.